The van der Waals surface area contributed by atoms with Gasteiger partial charge in [-0.05, 0) is 63.4 Å². The molecule has 0 aromatic carbocycles. The second-order valence-electron chi connectivity index (χ2n) is 6.84. The fourth-order valence-electron chi connectivity index (χ4n) is 3.59. The quantitative estimate of drug-likeness (QED) is 0.752. The van der Waals surface area contributed by atoms with Gasteiger partial charge in [0.15, 0.2) is 5.78 Å². The first-order valence-electron chi connectivity index (χ1n) is 6.80. The van der Waals surface area contributed by atoms with Gasteiger partial charge in [-0.2, -0.15) is 0 Å². The summed E-state index contributed by atoms with van der Waals surface area (Å²) in [7, 11) is 0. The van der Waals surface area contributed by atoms with Gasteiger partial charge in [0.1, 0.15) is 6.10 Å². The topological polar surface area (TPSA) is 57.5 Å². The molecule has 3 heteroatoms. The summed E-state index contributed by atoms with van der Waals surface area (Å²) < 4.78 is 0. The Morgan fingerprint density at radius 3 is 2.56 bits per heavy atom. The number of aliphatic hydroxyl groups excluding tert-OH is 1. The normalized spacial score (nSPS) is 37.8. The molecule has 0 aromatic heterocycles. The van der Waals surface area contributed by atoms with E-state index in [1.54, 1.807) is 0 Å². The van der Waals surface area contributed by atoms with E-state index in [0.29, 0.717) is 6.42 Å². The minimum atomic E-state index is -0.836. The van der Waals surface area contributed by atoms with E-state index in [-0.39, 0.29) is 17.1 Å². The average molecular weight is 252 g/mol. The van der Waals surface area contributed by atoms with E-state index >= 15 is 0 Å². The molecular formula is C15H24O3. The van der Waals surface area contributed by atoms with Gasteiger partial charge in [-0.15, -0.1) is 0 Å². The van der Waals surface area contributed by atoms with Gasteiger partial charge in [-0.1, -0.05) is 12.5 Å². The highest BCUT2D eigenvalue weighted by molar-refractivity contribution is 6.00. The molecule has 2 aliphatic carbocycles. The van der Waals surface area contributed by atoms with Gasteiger partial charge in [0.2, 0.25) is 0 Å². The van der Waals surface area contributed by atoms with Crippen molar-refractivity contribution in [3.05, 3.63) is 11.1 Å². The summed E-state index contributed by atoms with van der Waals surface area (Å²) in [5.74, 6) is 0.0810. The highest BCUT2D eigenvalue weighted by Gasteiger charge is 2.46. The zero-order chi connectivity index (χ0) is 13.7. The van der Waals surface area contributed by atoms with Gasteiger partial charge in [0.05, 0.1) is 5.60 Å². The van der Waals surface area contributed by atoms with E-state index in [1.807, 2.05) is 20.8 Å². The Kier molecular flexibility index (Phi) is 3.19. The van der Waals surface area contributed by atoms with Crippen molar-refractivity contribution in [2.24, 2.45) is 11.3 Å². The van der Waals surface area contributed by atoms with Crippen LogP contribution >= 0.6 is 0 Å². The molecule has 2 N–H and O–H groups in total. The van der Waals surface area contributed by atoms with Crippen LogP contribution in [0.25, 0.3) is 0 Å². The number of carbonyl (C=O) groups excluding carboxylic acids is 1. The lowest BCUT2D eigenvalue weighted by Crippen LogP contribution is -2.44. The molecule has 3 nitrogen and oxygen atoms in total. The van der Waals surface area contributed by atoms with Crippen molar-refractivity contribution in [3.8, 4) is 0 Å². The first-order chi connectivity index (χ1) is 8.15. The molecule has 3 atom stereocenters. The Morgan fingerprint density at radius 2 is 2.00 bits per heavy atom. The van der Waals surface area contributed by atoms with Crippen LogP contribution < -0.4 is 0 Å². The minimum absolute atomic E-state index is 0.0564. The molecular weight excluding hydrogens is 228 g/mol. The molecule has 1 saturated carbocycles. The number of fused-ring (bicyclic) bond motifs is 1. The van der Waals surface area contributed by atoms with Crippen molar-refractivity contribution in [1.82, 2.24) is 0 Å². The fourth-order valence-corrected chi connectivity index (χ4v) is 3.59. The van der Waals surface area contributed by atoms with Crippen LogP contribution in [0.4, 0.5) is 0 Å². The Hall–Kier alpha value is -0.670. The van der Waals surface area contributed by atoms with Crippen LogP contribution in [-0.2, 0) is 4.79 Å². The molecule has 0 amide bonds. The molecule has 0 aliphatic heterocycles. The smallest absolute Gasteiger partial charge is 0.186 e. The molecule has 3 unspecified atom stereocenters. The van der Waals surface area contributed by atoms with E-state index in [1.165, 1.54) is 0 Å². The zero-order valence-corrected chi connectivity index (χ0v) is 11.8. The molecule has 0 bridgehead atoms. The first-order valence-corrected chi connectivity index (χ1v) is 6.80. The van der Waals surface area contributed by atoms with Crippen LogP contribution in [0.3, 0.4) is 0 Å². The Balaban J connectivity index is 2.36. The third kappa shape index (κ3) is 2.14. The molecule has 0 saturated heterocycles. The van der Waals surface area contributed by atoms with E-state index in [9.17, 15) is 15.0 Å². The van der Waals surface area contributed by atoms with Gasteiger partial charge in [0.25, 0.3) is 0 Å². The monoisotopic (exact) mass is 252 g/mol. The molecule has 0 radical (unpaired) electrons. The van der Waals surface area contributed by atoms with Gasteiger partial charge in [-0.25, -0.2) is 0 Å². The lowest BCUT2D eigenvalue weighted by Gasteiger charge is -2.47. The number of hydrogen-bond acceptors (Lipinski definition) is 3. The molecule has 0 heterocycles. The SMILES string of the molecule is CC1=C2CC(C(C)(C)O)CCC2(C)CC(O)C1=O. The number of ketones is 1. The highest BCUT2D eigenvalue weighted by Crippen LogP contribution is 2.52. The van der Waals surface area contributed by atoms with Crippen molar-refractivity contribution in [2.45, 2.75) is 65.1 Å². The predicted octanol–water partition coefficient (Wildman–Crippen LogP) is 2.21. The lowest BCUT2D eigenvalue weighted by atomic mass is 9.59. The van der Waals surface area contributed by atoms with E-state index in [0.717, 1.165) is 30.4 Å². The fraction of sp³-hybridized carbons (Fsp3) is 0.800. The summed E-state index contributed by atoms with van der Waals surface area (Å²) in [4.78, 5) is 11.9. The molecule has 102 valence electrons. The zero-order valence-electron chi connectivity index (χ0n) is 11.8. The van der Waals surface area contributed by atoms with E-state index in [2.05, 4.69) is 6.92 Å². The lowest BCUT2D eigenvalue weighted by molar-refractivity contribution is -0.126. The predicted molar refractivity (Wildman–Crippen MR) is 70.1 cm³/mol. The molecule has 1 fully saturated rings. The Bertz CT molecular complexity index is 402. The maximum atomic E-state index is 11.9. The van der Waals surface area contributed by atoms with Crippen molar-refractivity contribution >= 4 is 5.78 Å². The molecule has 0 aromatic rings. The summed E-state index contributed by atoms with van der Waals surface area (Å²) in [6.45, 7) is 7.65. The maximum absolute atomic E-state index is 11.9. The van der Waals surface area contributed by atoms with Crippen molar-refractivity contribution in [3.63, 3.8) is 0 Å². The van der Waals surface area contributed by atoms with Crippen LogP contribution in [0.2, 0.25) is 0 Å². The van der Waals surface area contributed by atoms with E-state index in [4.69, 9.17) is 0 Å². The summed E-state index contributed by atoms with van der Waals surface area (Å²) in [6, 6.07) is 0. The average Bonchev–Trinajstić information content (AvgIpc) is 2.24. The van der Waals surface area contributed by atoms with Crippen molar-refractivity contribution in [1.29, 1.82) is 0 Å². The van der Waals surface area contributed by atoms with Gasteiger partial charge < -0.3 is 10.2 Å². The summed E-state index contributed by atoms with van der Waals surface area (Å²) in [5, 5.41) is 20.0. The number of carbonyl (C=O) groups is 1. The maximum Gasteiger partial charge on any atom is 0.186 e. The van der Waals surface area contributed by atoms with Gasteiger partial charge >= 0.3 is 0 Å². The van der Waals surface area contributed by atoms with Crippen molar-refractivity contribution in [2.75, 3.05) is 0 Å². The second-order valence-corrected chi connectivity index (χ2v) is 6.84. The summed E-state index contributed by atoms with van der Waals surface area (Å²) in [5.41, 5.74) is 1.13. The largest absolute Gasteiger partial charge is 0.390 e. The standard InChI is InChI=1S/C15H24O3/c1-9-11-7-10(14(2,3)18)5-6-15(11,4)8-12(16)13(9)17/h10,12,16,18H,5-8H2,1-4H3. The first kappa shape index (κ1) is 13.8. The van der Waals surface area contributed by atoms with Crippen LogP contribution in [0.5, 0.6) is 0 Å². The number of aliphatic hydroxyl groups is 2. The number of Topliss-reactive ketones (excluding diaryl/α,β-unsaturated/α-hetero) is 1. The second kappa shape index (κ2) is 4.17. The number of allylic oxidation sites excluding steroid dienone is 1. The molecule has 2 aliphatic rings. The van der Waals surface area contributed by atoms with E-state index < -0.39 is 11.7 Å². The van der Waals surface area contributed by atoms with Gasteiger partial charge in [-0.3, -0.25) is 4.79 Å². The Labute approximate surface area is 109 Å². The van der Waals surface area contributed by atoms with Crippen LogP contribution in [0.1, 0.15) is 53.4 Å². The number of hydrogen-bond donors (Lipinski definition) is 2. The van der Waals surface area contributed by atoms with Crippen LogP contribution in [-0.4, -0.2) is 27.7 Å². The minimum Gasteiger partial charge on any atom is -0.390 e. The summed E-state index contributed by atoms with van der Waals surface area (Å²) >= 11 is 0. The van der Waals surface area contributed by atoms with Crippen LogP contribution in [0, 0.1) is 11.3 Å². The van der Waals surface area contributed by atoms with Crippen LogP contribution in [0.15, 0.2) is 11.1 Å². The molecule has 0 spiro atoms. The third-order valence-corrected chi connectivity index (χ3v) is 4.99. The van der Waals surface area contributed by atoms with Gasteiger partial charge in [0, 0.05) is 0 Å². The summed E-state index contributed by atoms with van der Waals surface area (Å²) in [6.07, 6.45) is 2.38. The number of rotatable bonds is 1. The van der Waals surface area contributed by atoms with Crippen molar-refractivity contribution < 1.29 is 15.0 Å². The highest BCUT2D eigenvalue weighted by atomic mass is 16.3. The molecule has 18 heavy (non-hydrogen) atoms. The Morgan fingerprint density at radius 1 is 1.39 bits per heavy atom. The molecule has 2 rings (SSSR count). The third-order valence-electron chi connectivity index (χ3n) is 4.99.